The standard InChI is InChI=1S/C9H18N2O3S/c1-8-7-10-4-5-11(8)9(12)3-6-15(2,13)14/h8,10H,3-7H2,1-2H3/t8-/m0/s1. The number of nitrogens with zero attached hydrogens (tertiary/aromatic N) is 1. The van der Waals surface area contributed by atoms with Crippen molar-refractivity contribution in [3.63, 3.8) is 0 Å². The molecule has 1 saturated heterocycles. The Hall–Kier alpha value is -0.620. The van der Waals surface area contributed by atoms with Gasteiger partial charge < -0.3 is 10.2 Å². The van der Waals surface area contributed by atoms with Crippen molar-refractivity contribution in [2.24, 2.45) is 0 Å². The first-order valence-corrected chi connectivity index (χ1v) is 7.14. The second-order valence-corrected chi connectivity index (χ2v) is 6.28. The number of hydrogen-bond donors (Lipinski definition) is 1. The Morgan fingerprint density at radius 2 is 2.20 bits per heavy atom. The summed E-state index contributed by atoms with van der Waals surface area (Å²) in [5, 5.41) is 3.18. The summed E-state index contributed by atoms with van der Waals surface area (Å²) in [7, 11) is -3.04. The first-order valence-electron chi connectivity index (χ1n) is 5.08. The summed E-state index contributed by atoms with van der Waals surface area (Å²) in [4.78, 5) is 13.4. The van der Waals surface area contributed by atoms with Crippen LogP contribution in [0, 0.1) is 0 Å². The quantitative estimate of drug-likeness (QED) is 0.697. The van der Waals surface area contributed by atoms with Crippen LogP contribution in [0.5, 0.6) is 0 Å². The molecule has 1 N–H and O–H groups in total. The van der Waals surface area contributed by atoms with E-state index in [-0.39, 0.29) is 24.1 Å². The highest BCUT2D eigenvalue weighted by atomic mass is 32.2. The minimum atomic E-state index is -3.04. The van der Waals surface area contributed by atoms with Crippen molar-refractivity contribution < 1.29 is 13.2 Å². The second kappa shape index (κ2) is 4.94. The predicted molar refractivity (Wildman–Crippen MR) is 58.4 cm³/mol. The third-order valence-corrected chi connectivity index (χ3v) is 3.45. The van der Waals surface area contributed by atoms with Crippen LogP contribution in [0.25, 0.3) is 0 Å². The number of nitrogens with one attached hydrogen (secondary N) is 1. The summed E-state index contributed by atoms with van der Waals surface area (Å²) >= 11 is 0. The molecule has 0 aromatic carbocycles. The summed E-state index contributed by atoms with van der Waals surface area (Å²) in [6.45, 7) is 4.20. The third kappa shape index (κ3) is 4.17. The Morgan fingerprint density at radius 1 is 1.53 bits per heavy atom. The van der Waals surface area contributed by atoms with Crippen LogP contribution in [0.15, 0.2) is 0 Å². The molecular weight excluding hydrogens is 216 g/mol. The van der Waals surface area contributed by atoms with Crippen LogP contribution in [0.4, 0.5) is 0 Å². The molecule has 1 rings (SSSR count). The zero-order chi connectivity index (χ0) is 11.5. The minimum Gasteiger partial charge on any atom is -0.337 e. The fraction of sp³-hybridized carbons (Fsp3) is 0.889. The number of rotatable bonds is 3. The summed E-state index contributed by atoms with van der Waals surface area (Å²) in [6.07, 6.45) is 1.25. The summed E-state index contributed by atoms with van der Waals surface area (Å²) in [5.74, 6) is -0.114. The number of piperazine rings is 1. The maximum absolute atomic E-state index is 11.7. The molecule has 1 aliphatic heterocycles. The lowest BCUT2D eigenvalue weighted by molar-refractivity contribution is -0.133. The van der Waals surface area contributed by atoms with Gasteiger partial charge in [0.05, 0.1) is 5.75 Å². The molecule has 15 heavy (non-hydrogen) atoms. The van der Waals surface area contributed by atoms with Gasteiger partial charge in [0.25, 0.3) is 0 Å². The van der Waals surface area contributed by atoms with Crippen LogP contribution >= 0.6 is 0 Å². The third-order valence-electron chi connectivity index (χ3n) is 2.51. The zero-order valence-corrected chi connectivity index (χ0v) is 10.0. The monoisotopic (exact) mass is 234 g/mol. The van der Waals surface area contributed by atoms with Crippen molar-refractivity contribution in [1.29, 1.82) is 0 Å². The molecular formula is C9H18N2O3S. The van der Waals surface area contributed by atoms with Crippen molar-refractivity contribution in [2.45, 2.75) is 19.4 Å². The second-order valence-electron chi connectivity index (χ2n) is 4.02. The maximum atomic E-state index is 11.7. The summed E-state index contributed by atoms with van der Waals surface area (Å²) < 4.78 is 21.8. The number of carbonyl (C=O) groups is 1. The average molecular weight is 234 g/mol. The lowest BCUT2D eigenvalue weighted by Crippen LogP contribution is -2.52. The Kier molecular flexibility index (Phi) is 4.10. The van der Waals surface area contributed by atoms with Crippen LogP contribution in [0.2, 0.25) is 0 Å². The van der Waals surface area contributed by atoms with Crippen LogP contribution in [0.1, 0.15) is 13.3 Å². The molecule has 0 aromatic heterocycles. The molecule has 1 heterocycles. The highest BCUT2D eigenvalue weighted by molar-refractivity contribution is 7.90. The molecule has 1 aliphatic rings. The molecule has 0 bridgehead atoms. The van der Waals surface area contributed by atoms with Gasteiger partial charge in [0.15, 0.2) is 0 Å². The Labute approximate surface area is 90.7 Å². The average Bonchev–Trinajstić information content (AvgIpc) is 2.14. The molecule has 0 saturated carbocycles. The molecule has 0 aliphatic carbocycles. The maximum Gasteiger partial charge on any atom is 0.223 e. The smallest absolute Gasteiger partial charge is 0.223 e. The van der Waals surface area contributed by atoms with E-state index in [1.807, 2.05) is 6.92 Å². The molecule has 0 radical (unpaired) electrons. The van der Waals surface area contributed by atoms with Gasteiger partial charge in [0, 0.05) is 38.4 Å². The van der Waals surface area contributed by atoms with E-state index in [2.05, 4.69) is 5.32 Å². The van der Waals surface area contributed by atoms with Gasteiger partial charge in [-0.25, -0.2) is 8.42 Å². The highest BCUT2D eigenvalue weighted by Gasteiger charge is 2.23. The van der Waals surface area contributed by atoms with Crippen LogP contribution in [0.3, 0.4) is 0 Å². The van der Waals surface area contributed by atoms with Gasteiger partial charge in [-0.3, -0.25) is 4.79 Å². The minimum absolute atomic E-state index is 0.0531. The zero-order valence-electron chi connectivity index (χ0n) is 9.19. The fourth-order valence-electron chi connectivity index (χ4n) is 1.63. The molecule has 88 valence electrons. The van der Waals surface area contributed by atoms with E-state index in [0.29, 0.717) is 6.54 Å². The molecule has 0 spiro atoms. The lowest BCUT2D eigenvalue weighted by atomic mass is 10.2. The van der Waals surface area contributed by atoms with Gasteiger partial charge in [-0.2, -0.15) is 0 Å². The van der Waals surface area contributed by atoms with Crippen molar-refractivity contribution in [2.75, 3.05) is 31.6 Å². The molecule has 6 heteroatoms. The molecule has 0 aromatic rings. The van der Waals surface area contributed by atoms with Crippen molar-refractivity contribution >= 4 is 15.7 Å². The molecule has 0 unspecified atom stereocenters. The number of carbonyl (C=O) groups excluding carboxylic acids is 1. The van der Waals surface area contributed by atoms with Gasteiger partial charge >= 0.3 is 0 Å². The van der Waals surface area contributed by atoms with Crippen molar-refractivity contribution in [1.82, 2.24) is 10.2 Å². The fourth-order valence-corrected chi connectivity index (χ4v) is 2.17. The predicted octanol–water partition coefficient (Wildman–Crippen LogP) is -0.759. The SMILES string of the molecule is C[C@H]1CNCCN1C(=O)CCS(C)(=O)=O. The van der Waals surface area contributed by atoms with Gasteiger partial charge in [-0.1, -0.05) is 0 Å². The number of amides is 1. The van der Waals surface area contributed by atoms with E-state index in [4.69, 9.17) is 0 Å². The van der Waals surface area contributed by atoms with Gasteiger partial charge in [-0.05, 0) is 6.92 Å². The summed E-state index contributed by atoms with van der Waals surface area (Å²) in [6, 6.07) is 0.158. The first-order chi connectivity index (χ1) is 6.90. The van der Waals surface area contributed by atoms with Crippen molar-refractivity contribution in [3.8, 4) is 0 Å². The number of hydrogen-bond acceptors (Lipinski definition) is 4. The van der Waals surface area contributed by atoms with E-state index in [0.717, 1.165) is 19.3 Å². The Balaban J connectivity index is 2.45. The van der Waals surface area contributed by atoms with Crippen LogP contribution in [-0.4, -0.2) is 56.9 Å². The topological polar surface area (TPSA) is 66.5 Å². The normalized spacial score (nSPS) is 22.8. The van der Waals surface area contributed by atoms with Gasteiger partial charge in [0.2, 0.25) is 5.91 Å². The van der Waals surface area contributed by atoms with E-state index >= 15 is 0 Å². The Morgan fingerprint density at radius 3 is 2.73 bits per heavy atom. The molecule has 5 nitrogen and oxygen atoms in total. The first kappa shape index (κ1) is 12.4. The van der Waals surface area contributed by atoms with Crippen molar-refractivity contribution in [3.05, 3.63) is 0 Å². The lowest BCUT2D eigenvalue weighted by Gasteiger charge is -2.34. The molecule has 1 fully saturated rings. The largest absolute Gasteiger partial charge is 0.337 e. The van der Waals surface area contributed by atoms with Gasteiger partial charge in [-0.15, -0.1) is 0 Å². The van der Waals surface area contributed by atoms with E-state index < -0.39 is 9.84 Å². The number of sulfone groups is 1. The van der Waals surface area contributed by atoms with E-state index in [9.17, 15) is 13.2 Å². The van der Waals surface area contributed by atoms with E-state index in [1.165, 1.54) is 0 Å². The molecule has 1 amide bonds. The van der Waals surface area contributed by atoms with Crippen LogP contribution in [-0.2, 0) is 14.6 Å². The van der Waals surface area contributed by atoms with E-state index in [1.54, 1.807) is 4.90 Å². The Bertz CT molecular complexity index is 326. The summed E-state index contributed by atoms with van der Waals surface area (Å²) in [5.41, 5.74) is 0. The highest BCUT2D eigenvalue weighted by Crippen LogP contribution is 2.05. The van der Waals surface area contributed by atoms with Gasteiger partial charge in [0.1, 0.15) is 9.84 Å². The molecule has 1 atom stereocenters. The van der Waals surface area contributed by atoms with Crippen LogP contribution < -0.4 is 5.32 Å².